The van der Waals surface area contributed by atoms with E-state index in [1.165, 1.54) is 10.7 Å². The normalized spacial score (nSPS) is 19.7. The van der Waals surface area contributed by atoms with Gasteiger partial charge in [0.05, 0.1) is 5.69 Å². The molecular weight excluding hydrogens is 342 g/mol. The van der Waals surface area contributed by atoms with Crippen LogP contribution in [0.4, 0.5) is 0 Å². The van der Waals surface area contributed by atoms with Crippen LogP contribution in [0, 0.1) is 5.92 Å². The van der Waals surface area contributed by atoms with Gasteiger partial charge >= 0.3 is 0 Å². The first-order valence-corrected chi connectivity index (χ1v) is 8.03. The summed E-state index contributed by atoms with van der Waals surface area (Å²) in [6, 6.07) is 10.6. The zero-order chi connectivity index (χ0) is 17.1. The summed E-state index contributed by atoms with van der Waals surface area (Å²) in [4.78, 5) is 24.2. The first-order chi connectivity index (χ1) is 11.6. The number of hydrogen-bond donors (Lipinski definition) is 3. The number of halogens is 1. The lowest BCUT2D eigenvalue weighted by molar-refractivity contribution is 0.0909. The third-order valence-corrected chi connectivity index (χ3v) is 4.34. The summed E-state index contributed by atoms with van der Waals surface area (Å²) in [5, 5.41) is 10.5. The van der Waals surface area contributed by atoms with Crippen LogP contribution >= 0.6 is 12.4 Å². The van der Waals surface area contributed by atoms with E-state index < -0.39 is 5.91 Å². The number of nitrogens with two attached hydrogens (primary N) is 1. The molecule has 2 unspecified atom stereocenters. The van der Waals surface area contributed by atoms with Gasteiger partial charge in [0.15, 0.2) is 5.69 Å². The summed E-state index contributed by atoms with van der Waals surface area (Å²) in [5.41, 5.74) is 6.48. The molecule has 4 N–H and O–H groups in total. The Bertz CT molecular complexity index is 747. The summed E-state index contributed by atoms with van der Waals surface area (Å²) in [6.07, 6.45) is 1.01. The Hall–Kier alpha value is -2.38. The number of primary amides is 1. The number of nitrogens with zero attached hydrogens (tertiary/aromatic N) is 2. The second-order valence-corrected chi connectivity index (χ2v) is 6.08. The Kier molecular flexibility index (Phi) is 6.17. The number of rotatable bonds is 4. The molecule has 0 aliphatic carbocycles. The van der Waals surface area contributed by atoms with Gasteiger partial charge in [0.25, 0.3) is 11.8 Å². The van der Waals surface area contributed by atoms with Crippen LogP contribution in [-0.4, -0.2) is 40.7 Å². The number of piperidine rings is 1. The largest absolute Gasteiger partial charge is 0.364 e. The van der Waals surface area contributed by atoms with Gasteiger partial charge in [-0.15, -0.1) is 12.4 Å². The molecule has 8 heteroatoms. The van der Waals surface area contributed by atoms with Crippen LogP contribution in [0.25, 0.3) is 5.69 Å². The Morgan fingerprint density at radius 1 is 1.32 bits per heavy atom. The molecule has 134 valence electrons. The Morgan fingerprint density at radius 3 is 2.68 bits per heavy atom. The first-order valence-electron chi connectivity index (χ1n) is 8.03. The zero-order valence-corrected chi connectivity index (χ0v) is 14.8. The molecule has 7 nitrogen and oxygen atoms in total. The van der Waals surface area contributed by atoms with E-state index in [0.717, 1.165) is 19.5 Å². The molecule has 0 spiro atoms. The van der Waals surface area contributed by atoms with Crippen LogP contribution < -0.4 is 16.4 Å². The monoisotopic (exact) mass is 363 g/mol. The molecule has 2 atom stereocenters. The number of aromatic nitrogens is 2. The van der Waals surface area contributed by atoms with Crippen molar-refractivity contribution in [2.45, 2.75) is 19.4 Å². The van der Waals surface area contributed by atoms with Crippen molar-refractivity contribution in [2.24, 2.45) is 11.7 Å². The summed E-state index contributed by atoms with van der Waals surface area (Å²) in [7, 11) is 0. The van der Waals surface area contributed by atoms with E-state index in [1.807, 2.05) is 18.2 Å². The highest BCUT2D eigenvalue weighted by Crippen LogP contribution is 2.15. The van der Waals surface area contributed by atoms with Crippen LogP contribution in [0.15, 0.2) is 36.4 Å². The molecule has 25 heavy (non-hydrogen) atoms. The maximum atomic E-state index is 12.5. The average molecular weight is 364 g/mol. The van der Waals surface area contributed by atoms with Crippen LogP contribution in [0.1, 0.15) is 34.3 Å². The van der Waals surface area contributed by atoms with Gasteiger partial charge in [-0.3, -0.25) is 9.59 Å². The molecule has 0 radical (unpaired) electrons. The van der Waals surface area contributed by atoms with Crippen LogP contribution in [-0.2, 0) is 0 Å². The second kappa shape index (κ2) is 8.13. The minimum atomic E-state index is -0.627. The minimum absolute atomic E-state index is 0. The van der Waals surface area contributed by atoms with Crippen LogP contribution in [0.2, 0.25) is 0 Å². The molecule has 2 heterocycles. The van der Waals surface area contributed by atoms with Crippen molar-refractivity contribution in [1.29, 1.82) is 0 Å². The van der Waals surface area contributed by atoms with E-state index >= 15 is 0 Å². The fourth-order valence-corrected chi connectivity index (χ4v) is 2.86. The SMILES string of the molecule is CC1CCNCC1NC(=O)c1cc(C(N)=O)n(-c2ccccc2)n1.Cl. The number of hydrogen-bond acceptors (Lipinski definition) is 4. The third kappa shape index (κ3) is 4.18. The molecule has 1 fully saturated rings. The summed E-state index contributed by atoms with van der Waals surface area (Å²) in [6.45, 7) is 3.81. The van der Waals surface area contributed by atoms with Crippen molar-refractivity contribution in [2.75, 3.05) is 13.1 Å². The smallest absolute Gasteiger partial charge is 0.272 e. The summed E-state index contributed by atoms with van der Waals surface area (Å²) in [5.74, 6) is -0.534. The van der Waals surface area contributed by atoms with Crippen molar-refractivity contribution in [3.63, 3.8) is 0 Å². The predicted octanol–water partition coefficient (Wildman–Crippen LogP) is 1.12. The molecule has 0 bridgehead atoms. The minimum Gasteiger partial charge on any atom is -0.364 e. The third-order valence-electron chi connectivity index (χ3n) is 4.34. The quantitative estimate of drug-likeness (QED) is 0.757. The summed E-state index contributed by atoms with van der Waals surface area (Å²) < 4.78 is 1.40. The van der Waals surface area contributed by atoms with Gasteiger partial charge in [-0.05, 0) is 31.0 Å². The Morgan fingerprint density at radius 2 is 2.04 bits per heavy atom. The standard InChI is InChI=1S/C17H21N5O2.ClH/c1-11-7-8-19-10-14(11)20-17(24)13-9-15(16(18)23)22(21-13)12-5-3-2-4-6-12;/h2-6,9,11,14,19H,7-8,10H2,1H3,(H2,18,23)(H,20,24);1H. The van der Waals surface area contributed by atoms with Crippen LogP contribution in [0.3, 0.4) is 0 Å². The lowest BCUT2D eigenvalue weighted by Crippen LogP contribution is -2.50. The van der Waals surface area contributed by atoms with Crippen molar-refractivity contribution in [3.05, 3.63) is 47.8 Å². The van der Waals surface area contributed by atoms with Gasteiger partial charge < -0.3 is 16.4 Å². The number of carbonyl (C=O) groups excluding carboxylic acids is 2. The summed E-state index contributed by atoms with van der Waals surface area (Å²) >= 11 is 0. The molecule has 1 aromatic carbocycles. The van der Waals surface area contributed by atoms with Gasteiger partial charge in [-0.1, -0.05) is 25.1 Å². The number of nitrogens with one attached hydrogen (secondary N) is 2. The molecular formula is C17H22ClN5O2. The highest BCUT2D eigenvalue weighted by atomic mass is 35.5. The van der Waals surface area contributed by atoms with Crippen LogP contribution in [0.5, 0.6) is 0 Å². The van der Waals surface area contributed by atoms with Gasteiger partial charge in [0, 0.05) is 18.7 Å². The molecule has 2 amide bonds. The number of carbonyl (C=O) groups is 2. The lowest BCUT2D eigenvalue weighted by Gasteiger charge is -2.29. The Balaban J connectivity index is 0.00000225. The molecule has 1 aliphatic heterocycles. The van der Waals surface area contributed by atoms with E-state index in [9.17, 15) is 9.59 Å². The average Bonchev–Trinajstić information content (AvgIpc) is 3.03. The highest BCUT2D eigenvalue weighted by molar-refractivity contribution is 5.97. The van der Waals surface area contributed by atoms with Gasteiger partial charge in [-0.25, -0.2) is 4.68 Å². The molecule has 1 saturated heterocycles. The number of para-hydroxylation sites is 1. The topological polar surface area (TPSA) is 102 Å². The van der Waals surface area contributed by atoms with E-state index in [0.29, 0.717) is 11.6 Å². The molecule has 2 aromatic rings. The number of amides is 2. The van der Waals surface area contributed by atoms with E-state index in [1.54, 1.807) is 12.1 Å². The van der Waals surface area contributed by atoms with Crippen molar-refractivity contribution < 1.29 is 9.59 Å². The van der Waals surface area contributed by atoms with E-state index in [-0.39, 0.29) is 35.7 Å². The van der Waals surface area contributed by atoms with Crippen molar-refractivity contribution >= 4 is 24.2 Å². The van der Waals surface area contributed by atoms with Gasteiger partial charge in [0.1, 0.15) is 5.69 Å². The first kappa shape index (κ1) is 19.0. The van der Waals surface area contributed by atoms with E-state index in [2.05, 4.69) is 22.7 Å². The maximum Gasteiger partial charge on any atom is 0.272 e. The molecule has 1 aromatic heterocycles. The molecule has 1 aliphatic rings. The van der Waals surface area contributed by atoms with Gasteiger partial charge in [0.2, 0.25) is 0 Å². The van der Waals surface area contributed by atoms with Gasteiger partial charge in [-0.2, -0.15) is 5.10 Å². The van der Waals surface area contributed by atoms with E-state index in [4.69, 9.17) is 5.73 Å². The highest BCUT2D eigenvalue weighted by Gasteiger charge is 2.25. The molecule has 0 saturated carbocycles. The second-order valence-electron chi connectivity index (χ2n) is 6.08. The maximum absolute atomic E-state index is 12.5. The van der Waals surface area contributed by atoms with Crippen molar-refractivity contribution in [1.82, 2.24) is 20.4 Å². The predicted molar refractivity (Wildman–Crippen MR) is 97.2 cm³/mol. The number of benzene rings is 1. The van der Waals surface area contributed by atoms with Crippen molar-refractivity contribution in [3.8, 4) is 5.69 Å². The molecule has 3 rings (SSSR count). The lowest BCUT2D eigenvalue weighted by atomic mass is 9.95. The fourth-order valence-electron chi connectivity index (χ4n) is 2.86. The Labute approximate surface area is 152 Å². The fraction of sp³-hybridized carbons (Fsp3) is 0.353. The zero-order valence-electron chi connectivity index (χ0n) is 13.9.